The Morgan fingerprint density at radius 3 is 2.37 bits per heavy atom. The first-order chi connectivity index (χ1) is 9.19. The molecule has 2 rings (SSSR count). The van der Waals surface area contributed by atoms with Gasteiger partial charge in [0.05, 0.1) is 11.6 Å². The van der Waals surface area contributed by atoms with Crippen molar-refractivity contribution in [2.24, 2.45) is 0 Å². The smallest absolute Gasteiger partial charge is 0.141 e. The summed E-state index contributed by atoms with van der Waals surface area (Å²) in [5.41, 5.74) is 3.81. The van der Waals surface area contributed by atoms with Gasteiger partial charge >= 0.3 is 0 Å². The number of carbonyl (C=O) groups is 1. The molecule has 0 radical (unpaired) electrons. The van der Waals surface area contributed by atoms with Crippen molar-refractivity contribution >= 4 is 5.78 Å². The molecule has 0 aliphatic heterocycles. The number of Topliss-reactive ketones (excluding diaryl/α,β-unsaturated/α-hetero) is 1. The van der Waals surface area contributed by atoms with E-state index >= 15 is 0 Å². The summed E-state index contributed by atoms with van der Waals surface area (Å²) in [4.78, 5) is 12.0. The normalized spacial score (nSPS) is 9.89. The third-order valence-corrected chi connectivity index (χ3v) is 3.13. The first-order valence-electron chi connectivity index (χ1n) is 6.24. The van der Waals surface area contributed by atoms with Crippen molar-refractivity contribution in [3.63, 3.8) is 0 Å². The second kappa shape index (κ2) is 5.97. The Hall–Kier alpha value is -2.40. The Kier molecular flexibility index (Phi) is 4.10. The van der Waals surface area contributed by atoms with E-state index in [1.165, 1.54) is 0 Å². The molecule has 0 saturated heterocycles. The van der Waals surface area contributed by atoms with E-state index in [4.69, 9.17) is 5.26 Å². The zero-order valence-electron chi connectivity index (χ0n) is 10.9. The van der Waals surface area contributed by atoms with Crippen LogP contribution in [0.3, 0.4) is 0 Å². The number of aryl methyl sites for hydroxylation is 1. The summed E-state index contributed by atoms with van der Waals surface area (Å²) < 4.78 is 0. The highest BCUT2D eigenvalue weighted by molar-refractivity contribution is 5.83. The fraction of sp³-hybridized carbons (Fsp3) is 0.176. The quantitative estimate of drug-likeness (QED) is 0.834. The van der Waals surface area contributed by atoms with Crippen LogP contribution in [-0.2, 0) is 17.6 Å². The van der Waals surface area contributed by atoms with E-state index < -0.39 is 0 Å². The number of carbonyl (C=O) groups excluding carboxylic acids is 1. The molecule has 2 heteroatoms. The summed E-state index contributed by atoms with van der Waals surface area (Å²) in [5, 5.41) is 8.72. The molecule has 0 fully saturated rings. The molecule has 2 nitrogen and oxygen atoms in total. The van der Waals surface area contributed by atoms with Crippen LogP contribution < -0.4 is 0 Å². The number of rotatable bonds is 4. The molecule has 0 aliphatic carbocycles. The fourth-order valence-corrected chi connectivity index (χ4v) is 2.01. The van der Waals surface area contributed by atoms with E-state index in [0.29, 0.717) is 18.4 Å². The maximum Gasteiger partial charge on any atom is 0.141 e. The number of ketones is 1. The van der Waals surface area contributed by atoms with E-state index in [9.17, 15) is 4.79 Å². The number of benzene rings is 2. The van der Waals surface area contributed by atoms with Crippen LogP contribution in [0.4, 0.5) is 0 Å². The Morgan fingerprint density at radius 2 is 1.74 bits per heavy atom. The van der Waals surface area contributed by atoms with Gasteiger partial charge in [0.15, 0.2) is 0 Å². The highest BCUT2D eigenvalue weighted by atomic mass is 16.1. The van der Waals surface area contributed by atoms with E-state index in [0.717, 1.165) is 16.7 Å². The van der Waals surface area contributed by atoms with Crippen molar-refractivity contribution in [3.8, 4) is 6.07 Å². The predicted molar refractivity (Wildman–Crippen MR) is 74.8 cm³/mol. The Balaban J connectivity index is 2.01. The topological polar surface area (TPSA) is 40.9 Å². The van der Waals surface area contributed by atoms with Crippen molar-refractivity contribution < 1.29 is 4.79 Å². The fourth-order valence-electron chi connectivity index (χ4n) is 2.01. The van der Waals surface area contributed by atoms with Crippen LogP contribution in [0, 0.1) is 18.3 Å². The van der Waals surface area contributed by atoms with E-state index in [1.54, 1.807) is 12.1 Å². The molecule has 2 aromatic carbocycles. The highest BCUT2D eigenvalue weighted by Gasteiger charge is 2.07. The molecule has 2 aromatic rings. The second-order valence-electron chi connectivity index (χ2n) is 4.63. The summed E-state index contributed by atoms with van der Waals surface area (Å²) in [5.74, 6) is 0.194. The average Bonchev–Trinajstić information content (AvgIpc) is 2.42. The first-order valence-corrected chi connectivity index (χ1v) is 6.24. The number of nitrogens with zero attached hydrogens (tertiary/aromatic N) is 1. The zero-order chi connectivity index (χ0) is 13.7. The van der Waals surface area contributed by atoms with Crippen LogP contribution in [0.1, 0.15) is 22.3 Å². The lowest BCUT2D eigenvalue weighted by atomic mass is 9.99. The van der Waals surface area contributed by atoms with Gasteiger partial charge in [-0.1, -0.05) is 36.4 Å². The third kappa shape index (κ3) is 3.53. The molecule has 0 aliphatic rings. The van der Waals surface area contributed by atoms with Gasteiger partial charge < -0.3 is 0 Å². The molecule has 94 valence electrons. The van der Waals surface area contributed by atoms with Crippen molar-refractivity contribution in [2.45, 2.75) is 19.8 Å². The average molecular weight is 249 g/mol. The summed E-state index contributed by atoms with van der Waals surface area (Å²) >= 11 is 0. The van der Waals surface area contributed by atoms with Gasteiger partial charge in [-0.2, -0.15) is 5.26 Å². The molecule has 0 unspecified atom stereocenters. The third-order valence-electron chi connectivity index (χ3n) is 3.13. The van der Waals surface area contributed by atoms with E-state index in [-0.39, 0.29) is 5.78 Å². The Morgan fingerprint density at radius 1 is 1.05 bits per heavy atom. The van der Waals surface area contributed by atoms with Crippen LogP contribution in [0.2, 0.25) is 0 Å². The van der Waals surface area contributed by atoms with Crippen molar-refractivity contribution in [2.75, 3.05) is 0 Å². The predicted octanol–water partition coefficient (Wildman–Crippen LogP) is 3.22. The van der Waals surface area contributed by atoms with Crippen LogP contribution in [0.5, 0.6) is 0 Å². The molecular formula is C17H15NO. The second-order valence-corrected chi connectivity index (χ2v) is 4.63. The van der Waals surface area contributed by atoms with Gasteiger partial charge in [-0.3, -0.25) is 4.79 Å². The molecule has 0 spiro atoms. The van der Waals surface area contributed by atoms with Crippen LogP contribution in [0.15, 0.2) is 48.5 Å². The minimum atomic E-state index is 0.194. The summed E-state index contributed by atoms with van der Waals surface area (Å²) in [6.45, 7) is 2.02. The number of nitriles is 1. The molecule has 0 saturated carbocycles. The SMILES string of the molecule is Cc1ccccc1CC(=O)Cc1ccc(C#N)cc1. The maximum absolute atomic E-state index is 12.0. The Bertz CT molecular complexity index is 620. The summed E-state index contributed by atoms with van der Waals surface area (Å²) in [6.07, 6.45) is 0.882. The molecule has 0 bridgehead atoms. The van der Waals surface area contributed by atoms with Gasteiger partial charge in [0.1, 0.15) is 5.78 Å². The lowest BCUT2D eigenvalue weighted by Crippen LogP contribution is -2.07. The molecule has 0 heterocycles. The van der Waals surface area contributed by atoms with Gasteiger partial charge in [-0.05, 0) is 35.7 Å². The van der Waals surface area contributed by atoms with Gasteiger partial charge in [0, 0.05) is 12.8 Å². The number of hydrogen-bond donors (Lipinski definition) is 0. The molecular weight excluding hydrogens is 234 g/mol. The van der Waals surface area contributed by atoms with Crippen molar-refractivity contribution in [3.05, 3.63) is 70.8 Å². The van der Waals surface area contributed by atoms with Gasteiger partial charge in [-0.15, -0.1) is 0 Å². The highest BCUT2D eigenvalue weighted by Crippen LogP contribution is 2.11. The van der Waals surface area contributed by atoms with Crippen LogP contribution in [-0.4, -0.2) is 5.78 Å². The summed E-state index contributed by atoms with van der Waals surface area (Å²) in [7, 11) is 0. The maximum atomic E-state index is 12.0. The molecule has 19 heavy (non-hydrogen) atoms. The van der Waals surface area contributed by atoms with Crippen LogP contribution >= 0.6 is 0 Å². The largest absolute Gasteiger partial charge is 0.299 e. The van der Waals surface area contributed by atoms with E-state index in [1.807, 2.05) is 43.3 Å². The van der Waals surface area contributed by atoms with Crippen molar-refractivity contribution in [1.29, 1.82) is 5.26 Å². The number of hydrogen-bond acceptors (Lipinski definition) is 2. The lowest BCUT2D eigenvalue weighted by Gasteiger charge is -2.05. The molecule has 0 amide bonds. The first kappa shape index (κ1) is 13.0. The van der Waals surface area contributed by atoms with Crippen LogP contribution in [0.25, 0.3) is 0 Å². The van der Waals surface area contributed by atoms with Gasteiger partial charge in [0.2, 0.25) is 0 Å². The standard InChI is InChI=1S/C17H15NO/c1-13-4-2-3-5-16(13)11-17(19)10-14-6-8-15(12-18)9-7-14/h2-9H,10-11H2,1H3. The lowest BCUT2D eigenvalue weighted by molar-refractivity contribution is -0.117. The summed E-state index contributed by atoms with van der Waals surface area (Å²) in [6, 6.07) is 17.2. The molecule has 0 atom stereocenters. The van der Waals surface area contributed by atoms with Gasteiger partial charge in [-0.25, -0.2) is 0 Å². The molecule has 0 aromatic heterocycles. The van der Waals surface area contributed by atoms with Gasteiger partial charge in [0.25, 0.3) is 0 Å². The zero-order valence-corrected chi connectivity index (χ0v) is 10.9. The minimum absolute atomic E-state index is 0.194. The van der Waals surface area contributed by atoms with Crippen molar-refractivity contribution in [1.82, 2.24) is 0 Å². The van der Waals surface area contributed by atoms with E-state index in [2.05, 4.69) is 6.07 Å². The molecule has 0 N–H and O–H groups in total. The monoisotopic (exact) mass is 249 g/mol. The minimum Gasteiger partial charge on any atom is -0.299 e. The Labute approximate surface area is 113 Å².